The predicted molar refractivity (Wildman–Crippen MR) is 92.6 cm³/mol. The number of carbonyl (C=O) groups is 1. The summed E-state index contributed by atoms with van der Waals surface area (Å²) in [6, 6.07) is 2.86. The van der Waals surface area contributed by atoms with Crippen molar-refractivity contribution in [3.63, 3.8) is 0 Å². The van der Waals surface area contributed by atoms with Gasteiger partial charge in [-0.3, -0.25) is 9.48 Å². The first-order valence-corrected chi connectivity index (χ1v) is 9.52. The van der Waals surface area contributed by atoms with Crippen LogP contribution < -0.4 is 0 Å². The molecule has 0 radical (unpaired) electrons. The molecular formula is C19H31N3O. The molecule has 1 saturated carbocycles. The molecule has 0 aromatic carbocycles. The van der Waals surface area contributed by atoms with E-state index < -0.39 is 0 Å². The van der Waals surface area contributed by atoms with Crippen molar-refractivity contribution in [2.24, 2.45) is 5.92 Å². The van der Waals surface area contributed by atoms with E-state index in [0.29, 0.717) is 17.8 Å². The maximum atomic E-state index is 13.0. The van der Waals surface area contributed by atoms with Crippen LogP contribution in [0, 0.1) is 12.8 Å². The van der Waals surface area contributed by atoms with E-state index in [0.717, 1.165) is 37.4 Å². The fraction of sp³-hybridized carbons (Fsp3) is 0.789. The van der Waals surface area contributed by atoms with Crippen molar-refractivity contribution in [1.29, 1.82) is 0 Å². The predicted octanol–water partition coefficient (Wildman–Crippen LogP) is 4.35. The summed E-state index contributed by atoms with van der Waals surface area (Å²) in [5.74, 6) is 0.885. The summed E-state index contributed by atoms with van der Waals surface area (Å²) in [5, 5.41) is 4.68. The maximum absolute atomic E-state index is 13.0. The van der Waals surface area contributed by atoms with Gasteiger partial charge < -0.3 is 4.90 Å². The molecule has 1 aliphatic carbocycles. The molecule has 1 atom stereocenters. The number of nitrogens with zero attached hydrogens (tertiary/aromatic N) is 3. The van der Waals surface area contributed by atoms with Crippen LogP contribution in [0.4, 0.5) is 0 Å². The van der Waals surface area contributed by atoms with Crippen molar-refractivity contribution >= 4 is 5.91 Å². The van der Waals surface area contributed by atoms with Crippen LogP contribution in [-0.2, 0) is 0 Å². The Bertz CT molecular complexity index is 541. The molecule has 4 heteroatoms. The SMILES string of the molecule is CCC(CC)n1nc(C(=O)N2CCCC2C2CCCC2)cc1C. The molecule has 2 fully saturated rings. The molecule has 1 aliphatic heterocycles. The summed E-state index contributed by atoms with van der Waals surface area (Å²) in [4.78, 5) is 15.2. The van der Waals surface area contributed by atoms with Gasteiger partial charge in [-0.15, -0.1) is 0 Å². The number of aromatic nitrogens is 2. The molecule has 3 rings (SSSR count). The Morgan fingerprint density at radius 1 is 1.22 bits per heavy atom. The zero-order valence-electron chi connectivity index (χ0n) is 14.9. The van der Waals surface area contributed by atoms with Crippen LogP contribution in [0.5, 0.6) is 0 Å². The molecule has 4 nitrogen and oxygen atoms in total. The highest BCUT2D eigenvalue weighted by Crippen LogP contribution is 2.36. The second-order valence-electron chi connectivity index (χ2n) is 7.34. The third-order valence-electron chi connectivity index (χ3n) is 5.93. The Labute approximate surface area is 140 Å². The summed E-state index contributed by atoms with van der Waals surface area (Å²) in [7, 11) is 0. The summed E-state index contributed by atoms with van der Waals surface area (Å²) >= 11 is 0. The van der Waals surface area contributed by atoms with E-state index in [1.165, 1.54) is 32.1 Å². The van der Waals surface area contributed by atoms with E-state index in [-0.39, 0.29) is 5.91 Å². The van der Waals surface area contributed by atoms with E-state index in [1.54, 1.807) is 0 Å². The number of hydrogen-bond donors (Lipinski definition) is 0. The van der Waals surface area contributed by atoms with E-state index in [4.69, 9.17) is 0 Å². The first-order valence-electron chi connectivity index (χ1n) is 9.52. The molecule has 1 amide bonds. The van der Waals surface area contributed by atoms with Crippen molar-refractivity contribution in [2.75, 3.05) is 6.54 Å². The zero-order valence-corrected chi connectivity index (χ0v) is 14.9. The van der Waals surface area contributed by atoms with Crippen LogP contribution in [0.2, 0.25) is 0 Å². The topological polar surface area (TPSA) is 38.1 Å². The van der Waals surface area contributed by atoms with E-state index in [1.807, 2.05) is 6.07 Å². The molecule has 0 N–H and O–H groups in total. The third kappa shape index (κ3) is 3.17. The van der Waals surface area contributed by atoms with Crippen LogP contribution in [0.3, 0.4) is 0 Å². The molecule has 0 bridgehead atoms. The van der Waals surface area contributed by atoms with Crippen molar-refractivity contribution < 1.29 is 4.79 Å². The van der Waals surface area contributed by atoms with Crippen molar-refractivity contribution in [2.45, 2.75) is 84.2 Å². The van der Waals surface area contributed by atoms with Gasteiger partial charge in [0.25, 0.3) is 5.91 Å². The van der Waals surface area contributed by atoms with Gasteiger partial charge in [0.2, 0.25) is 0 Å². The average Bonchev–Trinajstić information content (AvgIpc) is 3.28. The minimum atomic E-state index is 0.159. The van der Waals surface area contributed by atoms with Gasteiger partial charge >= 0.3 is 0 Å². The highest BCUT2D eigenvalue weighted by molar-refractivity contribution is 5.92. The maximum Gasteiger partial charge on any atom is 0.274 e. The lowest BCUT2D eigenvalue weighted by molar-refractivity contribution is 0.0681. The molecule has 1 unspecified atom stereocenters. The summed E-state index contributed by atoms with van der Waals surface area (Å²) < 4.78 is 2.06. The molecule has 1 aromatic rings. The monoisotopic (exact) mass is 317 g/mol. The van der Waals surface area contributed by atoms with Gasteiger partial charge in [0.15, 0.2) is 5.69 Å². The number of amides is 1. The quantitative estimate of drug-likeness (QED) is 0.810. The molecule has 1 aromatic heterocycles. The van der Waals surface area contributed by atoms with Gasteiger partial charge in [-0.05, 0) is 57.4 Å². The molecule has 2 heterocycles. The molecule has 128 valence electrons. The number of aryl methyl sites for hydroxylation is 1. The normalized spacial score (nSPS) is 22.4. The highest BCUT2D eigenvalue weighted by Gasteiger charge is 2.37. The van der Waals surface area contributed by atoms with Crippen LogP contribution in [0.25, 0.3) is 0 Å². The van der Waals surface area contributed by atoms with Gasteiger partial charge in [0.05, 0.1) is 6.04 Å². The van der Waals surface area contributed by atoms with Gasteiger partial charge in [-0.25, -0.2) is 0 Å². The Kier molecular flexibility index (Phi) is 5.08. The summed E-state index contributed by atoms with van der Waals surface area (Å²) in [6.07, 6.45) is 9.73. The molecule has 0 spiro atoms. The Hall–Kier alpha value is -1.32. The second kappa shape index (κ2) is 7.06. The minimum absolute atomic E-state index is 0.159. The smallest absolute Gasteiger partial charge is 0.274 e. The standard InChI is InChI=1S/C19H31N3O/c1-4-16(5-2)22-14(3)13-17(20-22)19(23)21-12-8-11-18(21)15-9-6-7-10-15/h13,15-16,18H,4-12H2,1-3H3. The lowest BCUT2D eigenvalue weighted by Gasteiger charge is -2.28. The van der Waals surface area contributed by atoms with Gasteiger partial charge in [0.1, 0.15) is 0 Å². The average molecular weight is 317 g/mol. The number of carbonyl (C=O) groups excluding carboxylic acids is 1. The first-order chi connectivity index (χ1) is 11.2. The summed E-state index contributed by atoms with van der Waals surface area (Å²) in [5.41, 5.74) is 1.76. The third-order valence-corrected chi connectivity index (χ3v) is 5.93. The Morgan fingerprint density at radius 2 is 1.91 bits per heavy atom. The first kappa shape index (κ1) is 16.5. The van der Waals surface area contributed by atoms with Crippen LogP contribution >= 0.6 is 0 Å². The van der Waals surface area contributed by atoms with Crippen LogP contribution in [0.1, 0.15) is 87.4 Å². The minimum Gasteiger partial charge on any atom is -0.334 e. The van der Waals surface area contributed by atoms with E-state index in [9.17, 15) is 4.79 Å². The molecular weight excluding hydrogens is 286 g/mol. The van der Waals surface area contributed by atoms with Gasteiger partial charge in [0, 0.05) is 18.3 Å². The van der Waals surface area contributed by atoms with Crippen molar-refractivity contribution in [3.8, 4) is 0 Å². The fourth-order valence-electron chi connectivity index (χ4n) is 4.62. The van der Waals surface area contributed by atoms with Crippen molar-refractivity contribution in [3.05, 3.63) is 17.5 Å². The fourth-order valence-corrected chi connectivity index (χ4v) is 4.62. The molecule has 1 saturated heterocycles. The zero-order chi connectivity index (χ0) is 16.4. The summed E-state index contributed by atoms with van der Waals surface area (Å²) in [6.45, 7) is 7.36. The largest absolute Gasteiger partial charge is 0.334 e. The lowest BCUT2D eigenvalue weighted by atomic mass is 9.96. The number of hydrogen-bond acceptors (Lipinski definition) is 2. The number of likely N-dealkylation sites (tertiary alicyclic amines) is 1. The lowest BCUT2D eigenvalue weighted by Crippen LogP contribution is -2.39. The van der Waals surface area contributed by atoms with E-state index in [2.05, 4.69) is 35.5 Å². The Balaban J connectivity index is 1.78. The number of rotatable bonds is 5. The van der Waals surface area contributed by atoms with E-state index >= 15 is 0 Å². The van der Waals surface area contributed by atoms with Gasteiger partial charge in [-0.2, -0.15) is 5.10 Å². The Morgan fingerprint density at radius 3 is 2.57 bits per heavy atom. The van der Waals surface area contributed by atoms with Crippen LogP contribution in [-0.4, -0.2) is 33.2 Å². The van der Waals surface area contributed by atoms with Gasteiger partial charge in [-0.1, -0.05) is 26.7 Å². The molecule has 23 heavy (non-hydrogen) atoms. The second-order valence-corrected chi connectivity index (χ2v) is 7.34. The van der Waals surface area contributed by atoms with Crippen LogP contribution in [0.15, 0.2) is 6.07 Å². The molecule has 2 aliphatic rings. The highest BCUT2D eigenvalue weighted by atomic mass is 16.2. The van der Waals surface area contributed by atoms with Crippen molar-refractivity contribution in [1.82, 2.24) is 14.7 Å².